The highest BCUT2D eigenvalue weighted by Crippen LogP contribution is 2.33. The molecule has 1 aliphatic heterocycles. The number of nitriles is 1. The van der Waals surface area contributed by atoms with E-state index in [1.165, 1.54) is 24.3 Å². The lowest BCUT2D eigenvalue weighted by molar-refractivity contribution is 0.243. The van der Waals surface area contributed by atoms with Gasteiger partial charge in [0, 0.05) is 18.3 Å². The third-order valence-electron chi connectivity index (χ3n) is 5.58. The highest BCUT2D eigenvalue weighted by atomic mass is 32.2. The van der Waals surface area contributed by atoms with Crippen molar-refractivity contribution in [1.82, 2.24) is 10.2 Å². The van der Waals surface area contributed by atoms with E-state index in [1.54, 1.807) is 0 Å². The van der Waals surface area contributed by atoms with Crippen LogP contribution in [0.15, 0.2) is 100 Å². The van der Waals surface area contributed by atoms with Gasteiger partial charge in [-0.3, -0.25) is 0 Å². The number of benzene rings is 2. The molecule has 1 unspecified atom stereocenters. The molecule has 1 aliphatic carbocycles. The Morgan fingerprint density at radius 3 is 2.71 bits per heavy atom. The first-order valence-corrected chi connectivity index (χ1v) is 12.0. The molecule has 1 aromatic heterocycles. The van der Waals surface area contributed by atoms with Crippen molar-refractivity contribution in [2.45, 2.75) is 17.4 Å². The molecule has 3 aromatic rings. The average Bonchev–Trinajstić information content (AvgIpc) is 3.41. The van der Waals surface area contributed by atoms with Crippen LogP contribution < -0.4 is 0 Å². The Morgan fingerprint density at radius 1 is 1.06 bits per heavy atom. The molecule has 0 bridgehead atoms. The van der Waals surface area contributed by atoms with E-state index < -0.39 is 0 Å². The second-order valence-corrected chi connectivity index (χ2v) is 8.87. The Hall–Kier alpha value is -4.06. The lowest BCUT2D eigenvalue weighted by Gasteiger charge is -2.20. The molecule has 1 atom stereocenters. The summed E-state index contributed by atoms with van der Waals surface area (Å²) in [7, 11) is 0. The third-order valence-corrected chi connectivity index (χ3v) is 6.47. The van der Waals surface area contributed by atoms with E-state index in [2.05, 4.69) is 16.3 Å². The van der Waals surface area contributed by atoms with Gasteiger partial charge in [-0.1, -0.05) is 72.5 Å². The van der Waals surface area contributed by atoms with Gasteiger partial charge in [-0.25, -0.2) is 0 Å². The lowest BCUT2D eigenvalue weighted by Crippen LogP contribution is -2.10. The largest absolute Gasteiger partial charge is 0.465 e. The molecular weight excluding hydrogens is 462 g/mol. The number of ether oxygens (including phenoxy) is 2. The van der Waals surface area contributed by atoms with Crippen LogP contribution in [0.5, 0.6) is 0 Å². The smallest absolute Gasteiger partial charge is 0.287 e. The van der Waals surface area contributed by atoms with Crippen molar-refractivity contribution in [2.24, 2.45) is 5.92 Å². The average molecular weight is 484 g/mol. The van der Waals surface area contributed by atoms with E-state index >= 15 is 0 Å². The van der Waals surface area contributed by atoms with Crippen LogP contribution in [0.4, 0.5) is 0 Å². The molecule has 5 rings (SSSR count). The highest BCUT2D eigenvalue weighted by Gasteiger charge is 2.23. The number of aromatic nitrogens is 2. The Balaban J connectivity index is 1.20. The van der Waals surface area contributed by atoms with Crippen molar-refractivity contribution in [1.29, 1.82) is 5.26 Å². The minimum atomic E-state index is 0.0513. The molecule has 0 fully saturated rings. The maximum atomic E-state index is 9.43. The summed E-state index contributed by atoms with van der Waals surface area (Å²) in [6, 6.07) is 17.9. The summed E-state index contributed by atoms with van der Waals surface area (Å²) in [6.45, 7) is 0.0742. The normalized spacial score (nSPS) is 16.9. The van der Waals surface area contributed by atoms with E-state index in [9.17, 15) is 10.4 Å². The summed E-state index contributed by atoms with van der Waals surface area (Å²) in [5.41, 5.74) is 4.57. The minimum absolute atomic E-state index is 0.0513. The van der Waals surface area contributed by atoms with Gasteiger partial charge < -0.3 is 19.0 Å². The molecule has 0 saturated carbocycles. The predicted molar refractivity (Wildman–Crippen MR) is 131 cm³/mol. The van der Waals surface area contributed by atoms with E-state index in [-0.39, 0.29) is 18.4 Å². The zero-order chi connectivity index (χ0) is 24.0. The first kappa shape index (κ1) is 22.7. The number of aliphatic hydroxyl groups is 1. The first-order valence-electron chi connectivity index (χ1n) is 11.0. The van der Waals surface area contributed by atoms with Crippen LogP contribution in [-0.4, -0.2) is 21.9 Å². The maximum Gasteiger partial charge on any atom is 0.287 e. The van der Waals surface area contributed by atoms with Crippen LogP contribution in [0.3, 0.4) is 0 Å². The fourth-order valence-corrected chi connectivity index (χ4v) is 4.46. The number of nitrogens with zero attached hydrogens (tertiary/aromatic N) is 3. The molecule has 0 spiro atoms. The van der Waals surface area contributed by atoms with Crippen LogP contribution >= 0.6 is 11.8 Å². The topological polar surface area (TPSA) is 101 Å². The van der Waals surface area contributed by atoms with Gasteiger partial charge in [0.1, 0.15) is 12.5 Å². The Bertz CT molecular complexity index is 1380. The molecule has 2 aromatic carbocycles. The monoisotopic (exact) mass is 483 g/mol. The van der Waals surface area contributed by atoms with Crippen LogP contribution in [-0.2, 0) is 15.2 Å². The standard InChI is InChI=1S/C27H21N3O4S/c28-13-22-5-1-2-7-23(22)20-10-8-18(9-11-20)17-35-27-30-29-26(34-27)25-16-32-15-24(33-25)21-6-3-4-19(12-21)14-31/h1-11,15-16,19,31H,12,14,17H2. The fourth-order valence-electron chi connectivity index (χ4n) is 3.74. The van der Waals surface area contributed by atoms with Crippen LogP contribution in [0.2, 0.25) is 0 Å². The molecule has 174 valence electrons. The van der Waals surface area contributed by atoms with Crippen LogP contribution in [0, 0.1) is 17.2 Å². The predicted octanol–water partition coefficient (Wildman–Crippen LogP) is 5.58. The quantitative estimate of drug-likeness (QED) is 0.435. The molecular formula is C27H21N3O4S. The number of thioether (sulfide) groups is 1. The van der Waals surface area contributed by atoms with Gasteiger partial charge in [0.25, 0.3) is 11.1 Å². The van der Waals surface area contributed by atoms with Crippen molar-refractivity contribution in [3.8, 4) is 17.2 Å². The minimum Gasteiger partial charge on any atom is -0.465 e. The number of allylic oxidation sites excluding steroid dienone is 3. The van der Waals surface area contributed by atoms with Crippen molar-refractivity contribution in [3.63, 3.8) is 0 Å². The number of rotatable bonds is 7. The Kier molecular flexibility index (Phi) is 6.80. The summed E-state index contributed by atoms with van der Waals surface area (Å²) in [6.07, 6.45) is 9.40. The number of hydrogen-bond acceptors (Lipinski definition) is 8. The van der Waals surface area contributed by atoms with Crippen molar-refractivity contribution in [2.75, 3.05) is 6.61 Å². The summed E-state index contributed by atoms with van der Waals surface area (Å²) >= 11 is 1.42. The molecule has 8 heteroatoms. The Labute approximate surface area is 206 Å². The number of aliphatic hydroxyl groups excluding tert-OH is 1. The van der Waals surface area contributed by atoms with E-state index in [0.717, 1.165) is 22.3 Å². The van der Waals surface area contributed by atoms with E-state index in [4.69, 9.17) is 13.9 Å². The summed E-state index contributed by atoms with van der Waals surface area (Å²) in [4.78, 5) is 0. The summed E-state index contributed by atoms with van der Waals surface area (Å²) < 4.78 is 17.2. The van der Waals surface area contributed by atoms with Gasteiger partial charge in [0.2, 0.25) is 5.76 Å². The zero-order valence-corrected chi connectivity index (χ0v) is 19.4. The first-order chi connectivity index (χ1) is 17.2. The molecule has 0 saturated heterocycles. The molecule has 1 N–H and O–H groups in total. The van der Waals surface area contributed by atoms with Gasteiger partial charge in [0.15, 0.2) is 5.76 Å². The molecule has 0 amide bonds. The fraction of sp³-hybridized carbons (Fsp3) is 0.148. The van der Waals surface area contributed by atoms with Crippen molar-refractivity contribution >= 4 is 17.5 Å². The van der Waals surface area contributed by atoms with Crippen LogP contribution in [0.1, 0.15) is 23.4 Å². The van der Waals surface area contributed by atoms with Gasteiger partial charge >= 0.3 is 0 Å². The van der Waals surface area contributed by atoms with Crippen LogP contribution in [0.25, 0.3) is 16.9 Å². The van der Waals surface area contributed by atoms with Gasteiger partial charge in [-0.15, -0.1) is 10.2 Å². The molecule has 2 heterocycles. The molecule has 2 aliphatic rings. The molecule has 7 nitrogen and oxygen atoms in total. The van der Waals surface area contributed by atoms with Crippen molar-refractivity contribution in [3.05, 3.63) is 108 Å². The highest BCUT2D eigenvalue weighted by molar-refractivity contribution is 7.98. The molecule has 0 radical (unpaired) electrons. The number of hydrogen-bond donors (Lipinski definition) is 1. The van der Waals surface area contributed by atoms with Gasteiger partial charge in [-0.2, -0.15) is 5.26 Å². The van der Waals surface area contributed by atoms with E-state index in [0.29, 0.717) is 34.5 Å². The second kappa shape index (κ2) is 10.5. The Morgan fingerprint density at radius 2 is 1.89 bits per heavy atom. The third kappa shape index (κ3) is 5.22. The molecule has 35 heavy (non-hydrogen) atoms. The summed E-state index contributed by atoms with van der Waals surface area (Å²) in [5.74, 6) is 1.81. The van der Waals surface area contributed by atoms with Gasteiger partial charge in [0.05, 0.1) is 11.6 Å². The SMILES string of the molecule is N#Cc1ccccc1-c1ccc(CSc2nnc(C3=COC=C(C4=CC=CC(CO)C4)O3)o2)cc1. The maximum absolute atomic E-state index is 9.43. The lowest BCUT2D eigenvalue weighted by atomic mass is 9.94. The summed E-state index contributed by atoms with van der Waals surface area (Å²) in [5, 5.41) is 27.4. The van der Waals surface area contributed by atoms with Crippen molar-refractivity contribution < 1.29 is 19.0 Å². The second-order valence-electron chi connectivity index (χ2n) is 7.94. The zero-order valence-electron chi connectivity index (χ0n) is 18.6. The van der Waals surface area contributed by atoms with E-state index in [1.807, 2.05) is 66.8 Å². The van der Waals surface area contributed by atoms with Gasteiger partial charge in [-0.05, 0) is 34.8 Å².